The van der Waals surface area contributed by atoms with Crippen molar-refractivity contribution in [2.24, 2.45) is 0 Å². The van der Waals surface area contributed by atoms with Crippen molar-refractivity contribution in [3.05, 3.63) is 65.7 Å². The van der Waals surface area contributed by atoms with Gasteiger partial charge in [0.2, 0.25) is 0 Å². The second kappa shape index (κ2) is 7.25. The monoisotopic (exact) mass is 352 g/mol. The Kier molecular flexibility index (Phi) is 4.67. The van der Waals surface area contributed by atoms with E-state index in [4.69, 9.17) is 0 Å². The van der Waals surface area contributed by atoms with Crippen LogP contribution in [0.2, 0.25) is 0 Å². The molecule has 2 heterocycles. The van der Waals surface area contributed by atoms with E-state index in [2.05, 4.69) is 15.6 Å². The molecule has 0 saturated carbocycles. The lowest BCUT2D eigenvalue weighted by atomic mass is 10.1. The first kappa shape index (κ1) is 16.7. The smallest absolute Gasteiger partial charge is 0.287 e. The van der Waals surface area contributed by atoms with Gasteiger partial charge in [-0.2, -0.15) is 0 Å². The van der Waals surface area contributed by atoms with Crippen molar-refractivity contribution in [1.82, 2.24) is 20.2 Å². The molecule has 134 valence electrons. The van der Waals surface area contributed by atoms with Crippen LogP contribution >= 0.6 is 0 Å². The van der Waals surface area contributed by atoms with Gasteiger partial charge in [0, 0.05) is 12.6 Å². The minimum Gasteiger partial charge on any atom is -0.347 e. The standard InChI is InChI=1S/C20H21FN4O/c21-15-7-5-14(6-8-15)13-25-18-4-2-1-3-17(18)24-19(25)20(26)23-16-9-11-22-12-10-16/h1-8,16,22H,9-13H2,(H,23,26). The van der Waals surface area contributed by atoms with E-state index >= 15 is 0 Å². The highest BCUT2D eigenvalue weighted by molar-refractivity contribution is 5.95. The van der Waals surface area contributed by atoms with Crippen LogP contribution in [0.25, 0.3) is 11.0 Å². The van der Waals surface area contributed by atoms with Crippen LogP contribution in [-0.4, -0.2) is 34.6 Å². The minimum absolute atomic E-state index is 0.157. The van der Waals surface area contributed by atoms with Gasteiger partial charge in [0.15, 0.2) is 5.82 Å². The maximum atomic E-state index is 13.2. The summed E-state index contributed by atoms with van der Waals surface area (Å²) < 4.78 is 15.1. The van der Waals surface area contributed by atoms with Crippen LogP contribution in [0.3, 0.4) is 0 Å². The number of piperidine rings is 1. The number of rotatable bonds is 4. The van der Waals surface area contributed by atoms with Crippen molar-refractivity contribution in [1.29, 1.82) is 0 Å². The third kappa shape index (κ3) is 3.46. The van der Waals surface area contributed by atoms with Gasteiger partial charge in [-0.15, -0.1) is 0 Å². The van der Waals surface area contributed by atoms with Gasteiger partial charge in [-0.05, 0) is 55.8 Å². The average Bonchev–Trinajstić information content (AvgIpc) is 3.03. The molecule has 1 aliphatic heterocycles. The number of hydrogen-bond acceptors (Lipinski definition) is 3. The molecule has 0 spiro atoms. The molecule has 1 fully saturated rings. The van der Waals surface area contributed by atoms with Crippen molar-refractivity contribution in [2.75, 3.05) is 13.1 Å². The van der Waals surface area contributed by atoms with E-state index in [0.29, 0.717) is 12.4 Å². The summed E-state index contributed by atoms with van der Waals surface area (Å²) in [5.74, 6) is -0.0302. The van der Waals surface area contributed by atoms with Gasteiger partial charge in [-0.1, -0.05) is 24.3 Å². The summed E-state index contributed by atoms with van der Waals surface area (Å²) in [5.41, 5.74) is 2.60. The molecular weight excluding hydrogens is 331 g/mol. The molecule has 5 nitrogen and oxygen atoms in total. The molecule has 6 heteroatoms. The second-order valence-electron chi connectivity index (χ2n) is 6.63. The maximum Gasteiger partial charge on any atom is 0.287 e. The van der Waals surface area contributed by atoms with Crippen LogP contribution < -0.4 is 10.6 Å². The fourth-order valence-electron chi connectivity index (χ4n) is 3.40. The SMILES string of the molecule is O=C(NC1CCNCC1)c1nc2ccccc2n1Cc1ccc(F)cc1. The number of para-hydroxylation sites is 2. The quantitative estimate of drug-likeness (QED) is 0.759. The molecule has 0 unspecified atom stereocenters. The zero-order chi connectivity index (χ0) is 17.9. The lowest BCUT2D eigenvalue weighted by Crippen LogP contribution is -2.43. The van der Waals surface area contributed by atoms with E-state index in [1.165, 1.54) is 12.1 Å². The molecule has 0 bridgehead atoms. The topological polar surface area (TPSA) is 59.0 Å². The summed E-state index contributed by atoms with van der Waals surface area (Å²) in [6, 6.07) is 14.2. The highest BCUT2D eigenvalue weighted by atomic mass is 19.1. The molecule has 3 aromatic rings. The van der Waals surface area contributed by atoms with Crippen molar-refractivity contribution in [3.8, 4) is 0 Å². The van der Waals surface area contributed by atoms with Gasteiger partial charge in [0.05, 0.1) is 11.0 Å². The number of carbonyl (C=O) groups is 1. The first-order valence-corrected chi connectivity index (χ1v) is 8.92. The third-order valence-corrected chi connectivity index (χ3v) is 4.79. The molecule has 0 radical (unpaired) electrons. The van der Waals surface area contributed by atoms with Crippen LogP contribution in [0.15, 0.2) is 48.5 Å². The lowest BCUT2D eigenvalue weighted by molar-refractivity contribution is 0.0915. The largest absolute Gasteiger partial charge is 0.347 e. The highest BCUT2D eigenvalue weighted by Crippen LogP contribution is 2.19. The number of nitrogens with zero attached hydrogens (tertiary/aromatic N) is 2. The number of halogens is 1. The van der Waals surface area contributed by atoms with Crippen molar-refractivity contribution >= 4 is 16.9 Å². The Hall–Kier alpha value is -2.73. The van der Waals surface area contributed by atoms with Gasteiger partial charge in [0.25, 0.3) is 5.91 Å². The van der Waals surface area contributed by atoms with Gasteiger partial charge in [0.1, 0.15) is 5.82 Å². The van der Waals surface area contributed by atoms with Crippen LogP contribution in [0.4, 0.5) is 4.39 Å². The Morgan fingerprint density at radius 2 is 1.88 bits per heavy atom. The Bertz CT molecular complexity index is 913. The molecule has 0 aliphatic carbocycles. The molecule has 0 atom stereocenters. The Labute approximate surface area is 151 Å². The molecule has 26 heavy (non-hydrogen) atoms. The number of amides is 1. The average molecular weight is 352 g/mol. The fourth-order valence-corrected chi connectivity index (χ4v) is 3.40. The Morgan fingerprint density at radius 1 is 1.15 bits per heavy atom. The van der Waals surface area contributed by atoms with E-state index in [0.717, 1.165) is 42.5 Å². The van der Waals surface area contributed by atoms with Gasteiger partial charge in [-0.25, -0.2) is 9.37 Å². The Balaban J connectivity index is 1.66. The highest BCUT2D eigenvalue weighted by Gasteiger charge is 2.21. The number of fused-ring (bicyclic) bond motifs is 1. The first-order valence-electron chi connectivity index (χ1n) is 8.92. The predicted molar refractivity (Wildman–Crippen MR) is 98.6 cm³/mol. The third-order valence-electron chi connectivity index (χ3n) is 4.79. The number of benzene rings is 2. The number of nitrogens with one attached hydrogen (secondary N) is 2. The number of carbonyl (C=O) groups excluding carboxylic acids is 1. The minimum atomic E-state index is -0.270. The van der Waals surface area contributed by atoms with Crippen molar-refractivity contribution < 1.29 is 9.18 Å². The van der Waals surface area contributed by atoms with Crippen molar-refractivity contribution in [2.45, 2.75) is 25.4 Å². The van der Waals surface area contributed by atoms with E-state index < -0.39 is 0 Å². The summed E-state index contributed by atoms with van der Waals surface area (Å²) in [6.45, 7) is 2.30. The van der Waals surface area contributed by atoms with Gasteiger partial charge >= 0.3 is 0 Å². The van der Waals surface area contributed by atoms with E-state index in [1.54, 1.807) is 12.1 Å². The van der Waals surface area contributed by atoms with Crippen LogP contribution in [0.1, 0.15) is 29.0 Å². The number of imidazole rings is 1. The molecule has 1 saturated heterocycles. The molecule has 2 N–H and O–H groups in total. The molecular formula is C20H21FN4O. The number of aromatic nitrogens is 2. The lowest BCUT2D eigenvalue weighted by Gasteiger charge is -2.23. The normalized spacial score (nSPS) is 15.3. The summed E-state index contributed by atoms with van der Waals surface area (Å²) in [4.78, 5) is 17.4. The second-order valence-corrected chi connectivity index (χ2v) is 6.63. The predicted octanol–water partition coefficient (Wildman–Crippen LogP) is 2.71. The van der Waals surface area contributed by atoms with Crippen molar-refractivity contribution in [3.63, 3.8) is 0 Å². The number of hydrogen-bond donors (Lipinski definition) is 2. The summed E-state index contributed by atoms with van der Waals surface area (Å²) in [5, 5.41) is 6.40. The molecule has 1 aromatic heterocycles. The first-order chi connectivity index (χ1) is 12.7. The van der Waals surface area contributed by atoms with E-state index in [-0.39, 0.29) is 17.8 Å². The van der Waals surface area contributed by atoms with Crippen LogP contribution in [-0.2, 0) is 6.54 Å². The summed E-state index contributed by atoms with van der Waals surface area (Å²) >= 11 is 0. The van der Waals surface area contributed by atoms with Crippen LogP contribution in [0, 0.1) is 5.82 Å². The molecule has 4 rings (SSSR count). The van der Waals surface area contributed by atoms with Gasteiger partial charge in [-0.3, -0.25) is 4.79 Å². The summed E-state index contributed by atoms with van der Waals surface area (Å²) in [6.07, 6.45) is 1.84. The zero-order valence-corrected chi connectivity index (χ0v) is 14.4. The molecule has 2 aromatic carbocycles. The maximum absolute atomic E-state index is 13.2. The summed E-state index contributed by atoms with van der Waals surface area (Å²) in [7, 11) is 0. The van der Waals surface area contributed by atoms with Gasteiger partial charge < -0.3 is 15.2 Å². The molecule has 1 aliphatic rings. The molecule has 1 amide bonds. The Morgan fingerprint density at radius 3 is 2.65 bits per heavy atom. The van der Waals surface area contributed by atoms with E-state index in [1.807, 2.05) is 28.8 Å². The zero-order valence-electron chi connectivity index (χ0n) is 14.4. The van der Waals surface area contributed by atoms with Crippen LogP contribution in [0.5, 0.6) is 0 Å². The van der Waals surface area contributed by atoms with E-state index in [9.17, 15) is 9.18 Å². The fraction of sp³-hybridized carbons (Fsp3) is 0.300.